The number of thioether (sulfide) groups is 1. The maximum absolute atomic E-state index is 12.3. The lowest BCUT2D eigenvalue weighted by Gasteiger charge is -2.13. The summed E-state index contributed by atoms with van der Waals surface area (Å²) in [5, 5.41) is 0.822. The number of rotatable bonds is 6. The highest BCUT2D eigenvalue weighted by Crippen LogP contribution is 2.29. The first-order valence-corrected chi connectivity index (χ1v) is 11.4. The highest BCUT2D eigenvalue weighted by Gasteiger charge is 2.14. The molecule has 3 aromatic rings. The van der Waals surface area contributed by atoms with Gasteiger partial charge in [0, 0.05) is 21.9 Å². The van der Waals surface area contributed by atoms with E-state index >= 15 is 0 Å². The Labute approximate surface area is 180 Å². The average molecular weight is 423 g/mol. The van der Waals surface area contributed by atoms with Crippen molar-refractivity contribution >= 4 is 28.7 Å². The molecule has 0 bridgehead atoms. The molecule has 0 atom stereocenters. The molecule has 0 saturated carbocycles. The molecule has 0 amide bonds. The minimum atomic E-state index is -0.433. The van der Waals surface area contributed by atoms with E-state index < -0.39 is 5.63 Å². The van der Waals surface area contributed by atoms with Gasteiger partial charge in [0.25, 0.3) is 0 Å². The molecule has 0 fully saturated rings. The summed E-state index contributed by atoms with van der Waals surface area (Å²) in [5.41, 5.74) is 5.87. The van der Waals surface area contributed by atoms with Crippen molar-refractivity contribution in [1.82, 2.24) is 0 Å². The number of hydrogen-bond acceptors (Lipinski definition) is 5. The number of fused-ring (bicyclic) bond motifs is 2. The van der Waals surface area contributed by atoms with Crippen LogP contribution in [0.1, 0.15) is 54.0 Å². The van der Waals surface area contributed by atoms with Gasteiger partial charge >= 0.3 is 11.6 Å². The monoisotopic (exact) mass is 422 g/mol. The number of esters is 1. The lowest BCUT2D eigenvalue weighted by Crippen LogP contribution is -2.10. The summed E-state index contributed by atoms with van der Waals surface area (Å²) in [6.45, 7) is 6.33. The van der Waals surface area contributed by atoms with Crippen molar-refractivity contribution in [3.05, 3.63) is 74.6 Å². The van der Waals surface area contributed by atoms with Gasteiger partial charge in [0.2, 0.25) is 0 Å². The predicted octanol–water partition coefficient (Wildman–Crippen LogP) is 5.55. The zero-order valence-corrected chi connectivity index (χ0v) is 18.4. The van der Waals surface area contributed by atoms with Crippen LogP contribution in [0.15, 0.2) is 50.5 Å². The van der Waals surface area contributed by atoms with E-state index in [1.54, 1.807) is 0 Å². The topological polar surface area (TPSA) is 56.5 Å². The van der Waals surface area contributed by atoms with Crippen LogP contribution in [-0.2, 0) is 29.0 Å². The Morgan fingerprint density at radius 1 is 1.13 bits per heavy atom. The first kappa shape index (κ1) is 20.7. The van der Waals surface area contributed by atoms with E-state index in [9.17, 15) is 9.59 Å². The smallest absolute Gasteiger partial charge is 0.336 e. The van der Waals surface area contributed by atoms with Crippen molar-refractivity contribution in [2.24, 2.45) is 0 Å². The van der Waals surface area contributed by atoms with Gasteiger partial charge in [0.05, 0.1) is 5.75 Å². The van der Waals surface area contributed by atoms with Crippen LogP contribution < -0.4 is 5.63 Å². The van der Waals surface area contributed by atoms with Crippen molar-refractivity contribution in [2.45, 2.75) is 57.5 Å². The summed E-state index contributed by atoms with van der Waals surface area (Å²) >= 11 is 1.49. The maximum atomic E-state index is 12.3. The van der Waals surface area contributed by atoms with Crippen molar-refractivity contribution in [3.63, 3.8) is 0 Å². The van der Waals surface area contributed by atoms with Gasteiger partial charge in [0.1, 0.15) is 12.2 Å². The molecule has 2 aromatic carbocycles. The summed E-state index contributed by atoms with van der Waals surface area (Å²) < 4.78 is 10.9. The molecule has 1 heterocycles. The first-order chi connectivity index (χ1) is 14.4. The average Bonchev–Trinajstić information content (AvgIpc) is 3.17. The molecule has 0 saturated heterocycles. The molecule has 1 aliphatic rings. The molecule has 0 aliphatic heterocycles. The third-order valence-electron chi connectivity index (χ3n) is 5.65. The fraction of sp³-hybridized carbons (Fsp3) is 0.360. The molecule has 1 aliphatic carbocycles. The van der Waals surface area contributed by atoms with Crippen LogP contribution in [-0.4, -0.2) is 11.7 Å². The quantitative estimate of drug-likeness (QED) is 0.296. The predicted molar refractivity (Wildman–Crippen MR) is 120 cm³/mol. The summed E-state index contributed by atoms with van der Waals surface area (Å²) in [7, 11) is 0. The largest absolute Gasteiger partial charge is 0.460 e. The Kier molecular flexibility index (Phi) is 6.00. The highest BCUT2D eigenvalue weighted by atomic mass is 32.2. The molecule has 0 N–H and O–H groups in total. The van der Waals surface area contributed by atoms with Gasteiger partial charge in [-0.15, -0.1) is 11.8 Å². The van der Waals surface area contributed by atoms with Crippen LogP contribution in [0.25, 0.3) is 11.0 Å². The lowest BCUT2D eigenvalue weighted by molar-refractivity contribution is -0.141. The van der Waals surface area contributed by atoms with Crippen LogP contribution in [0.5, 0.6) is 0 Å². The zero-order valence-electron chi connectivity index (χ0n) is 17.6. The minimum Gasteiger partial charge on any atom is -0.460 e. The number of benzene rings is 2. The fourth-order valence-electron chi connectivity index (χ4n) is 4.11. The van der Waals surface area contributed by atoms with Gasteiger partial charge in [-0.3, -0.25) is 4.79 Å². The van der Waals surface area contributed by atoms with Crippen molar-refractivity contribution in [1.29, 1.82) is 0 Å². The van der Waals surface area contributed by atoms with Crippen LogP contribution in [0.3, 0.4) is 0 Å². The molecular weight excluding hydrogens is 396 g/mol. The summed E-state index contributed by atoms with van der Waals surface area (Å²) in [4.78, 5) is 25.4. The van der Waals surface area contributed by atoms with E-state index in [0.29, 0.717) is 17.1 Å². The maximum Gasteiger partial charge on any atom is 0.336 e. The second-order valence-electron chi connectivity index (χ2n) is 8.18. The molecule has 1 aromatic heterocycles. The van der Waals surface area contributed by atoms with E-state index in [2.05, 4.69) is 32.0 Å². The number of carbonyl (C=O) groups excluding carboxylic acids is 1. The van der Waals surface area contributed by atoms with E-state index in [1.807, 2.05) is 19.1 Å². The molecule has 4 nitrogen and oxygen atoms in total. The molecule has 0 unspecified atom stereocenters. The first-order valence-electron chi connectivity index (χ1n) is 10.4. The zero-order chi connectivity index (χ0) is 21.3. The molecule has 156 valence electrons. The molecule has 0 spiro atoms. The number of aryl methyl sites for hydroxylation is 3. The number of ether oxygens (including phenoxy) is 1. The van der Waals surface area contributed by atoms with Crippen molar-refractivity contribution in [2.75, 3.05) is 5.75 Å². The van der Waals surface area contributed by atoms with E-state index in [1.165, 1.54) is 40.9 Å². The number of carbonyl (C=O) groups is 1. The summed E-state index contributed by atoms with van der Waals surface area (Å²) in [6.07, 6.45) is 3.48. The SMILES string of the molecule is Cc1cc2oc(=O)cc(COC(=O)CSc3ccc4c(c3)CCC4)c2cc1C(C)C. The third kappa shape index (κ3) is 4.46. The fourth-order valence-corrected chi connectivity index (χ4v) is 4.87. The van der Waals surface area contributed by atoms with Crippen molar-refractivity contribution < 1.29 is 13.9 Å². The molecule has 4 rings (SSSR count). The van der Waals surface area contributed by atoms with Gasteiger partial charge in [-0.2, -0.15) is 0 Å². The van der Waals surface area contributed by atoms with Gasteiger partial charge in [0.15, 0.2) is 0 Å². The van der Waals surface area contributed by atoms with E-state index in [-0.39, 0.29) is 18.3 Å². The summed E-state index contributed by atoms with van der Waals surface area (Å²) in [5.74, 6) is 0.299. The molecular formula is C25H26O4S. The minimum absolute atomic E-state index is 0.0618. The molecule has 0 radical (unpaired) electrons. The Balaban J connectivity index is 1.45. The Morgan fingerprint density at radius 3 is 2.73 bits per heavy atom. The second-order valence-corrected chi connectivity index (χ2v) is 9.23. The van der Waals surface area contributed by atoms with Gasteiger partial charge in [-0.05, 0) is 78.6 Å². The highest BCUT2D eigenvalue weighted by molar-refractivity contribution is 8.00. The Hall–Kier alpha value is -2.53. The van der Waals surface area contributed by atoms with E-state index in [0.717, 1.165) is 28.7 Å². The standard InChI is InChI=1S/C25H26O4S/c1-15(2)21-12-22-19(11-24(26)29-23(22)9-16(21)3)13-28-25(27)14-30-20-8-7-17-5-4-6-18(17)10-20/h7-12,15H,4-6,13-14H2,1-3H3. The van der Waals surface area contributed by atoms with Crippen LogP contribution in [0.4, 0.5) is 0 Å². The van der Waals surface area contributed by atoms with Crippen molar-refractivity contribution in [3.8, 4) is 0 Å². The van der Waals surface area contributed by atoms with Gasteiger partial charge < -0.3 is 9.15 Å². The molecule has 5 heteroatoms. The third-order valence-corrected chi connectivity index (χ3v) is 6.62. The summed E-state index contributed by atoms with van der Waals surface area (Å²) in [6, 6.07) is 11.8. The van der Waals surface area contributed by atoms with E-state index in [4.69, 9.17) is 9.15 Å². The van der Waals surface area contributed by atoms with Gasteiger partial charge in [-0.25, -0.2) is 4.79 Å². The Bertz CT molecular complexity index is 1160. The van der Waals surface area contributed by atoms with Crippen LogP contribution >= 0.6 is 11.8 Å². The van der Waals surface area contributed by atoms with Crippen LogP contribution in [0.2, 0.25) is 0 Å². The normalized spacial score (nSPS) is 13.1. The van der Waals surface area contributed by atoms with Crippen LogP contribution in [0, 0.1) is 6.92 Å². The molecule has 30 heavy (non-hydrogen) atoms. The van der Waals surface area contributed by atoms with Gasteiger partial charge in [-0.1, -0.05) is 19.9 Å². The Morgan fingerprint density at radius 2 is 1.93 bits per heavy atom. The lowest BCUT2D eigenvalue weighted by atomic mass is 9.95. The second kappa shape index (κ2) is 8.68. The number of hydrogen-bond donors (Lipinski definition) is 0.